The Hall–Kier alpha value is -2.95. The second-order valence-electron chi connectivity index (χ2n) is 6.84. The van der Waals surface area contributed by atoms with Gasteiger partial charge in [0.15, 0.2) is 0 Å². The summed E-state index contributed by atoms with van der Waals surface area (Å²) < 4.78 is 27.6. The zero-order valence-electron chi connectivity index (χ0n) is 15.5. The highest BCUT2D eigenvalue weighted by atomic mass is 35.5. The molecule has 2 aromatic carbocycles. The Labute approximate surface area is 186 Å². The Morgan fingerprint density at radius 3 is 2.35 bits per heavy atom. The number of hydrogen-bond donors (Lipinski definition) is 2. The topological polar surface area (TPSA) is 130 Å². The van der Waals surface area contributed by atoms with Crippen molar-refractivity contribution in [2.75, 3.05) is 4.72 Å². The SMILES string of the molecule is O=C1CCC(N2C(=O)c3cc(Cl)c(NS(=O)(=O)c4ccccc4)c(Cl)c3C2=O)C(=O)N1. The van der Waals surface area contributed by atoms with Crippen molar-refractivity contribution in [2.45, 2.75) is 23.8 Å². The highest BCUT2D eigenvalue weighted by Crippen LogP contribution is 2.41. The predicted octanol–water partition coefficient (Wildman–Crippen LogP) is 2.20. The Balaban J connectivity index is 1.74. The minimum Gasteiger partial charge on any atom is -0.295 e. The zero-order valence-corrected chi connectivity index (χ0v) is 17.8. The molecule has 2 aliphatic rings. The Morgan fingerprint density at radius 1 is 1.03 bits per heavy atom. The van der Waals surface area contributed by atoms with Gasteiger partial charge < -0.3 is 0 Å². The van der Waals surface area contributed by atoms with Crippen LogP contribution < -0.4 is 10.0 Å². The monoisotopic (exact) mass is 481 g/mol. The first-order valence-electron chi connectivity index (χ1n) is 8.93. The van der Waals surface area contributed by atoms with Gasteiger partial charge in [-0.05, 0) is 24.6 Å². The van der Waals surface area contributed by atoms with E-state index in [4.69, 9.17) is 23.2 Å². The lowest BCUT2D eigenvalue weighted by Gasteiger charge is -2.27. The molecule has 0 aliphatic carbocycles. The van der Waals surface area contributed by atoms with Crippen molar-refractivity contribution >= 4 is 62.5 Å². The molecule has 4 amide bonds. The van der Waals surface area contributed by atoms with Gasteiger partial charge in [-0.3, -0.25) is 34.1 Å². The van der Waals surface area contributed by atoms with Gasteiger partial charge in [0.2, 0.25) is 11.8 Å². The molecular weight excluding hydrogens is 469 g/mol. The molecule has 1 fully saturated rings. The molecule has 0 bridgehead atoms. The fraction of sp³-hybridized carbons (Fsp3) is 0.158. The minimum absolute atomic E-state index is 0.0328. The van der Waals surface area contributed by atoms with Crippen LogP contribution in [0, 0.1) is 0 Å². The van der Waals surface area contributed by atoms with Crippen molar-refractivity contribution in [3.05, 3.63) is 57.6 Å². The molecule has 2 aromatic rings. The molecule has 12 heteroatoms. The number of nitrogens with one attached hydrogen (secondary N) is 2. The molecule has 2 N–H and O–H groups in total. The van der Waals surface area contributed by atoms with E-state index in [2.05, 4.69) is 10.0 Å². The van der Waals surface area contributed by atoms with Crippen LogP contribution in [0.25, 0.3) is 0 Å². The third-order valence-electron chi connectivity index (χ3n) is 4.91. The second kappa shape index (κ2) is 7.63. The van der Waals surface area contributed by atoms with Crippen molar-refractivity contribution in [2.24, 2.45) is 0 Å². The standard InChI is InChI=1S/C19H13Cl2N3O6S/c20-11-8-10-14(15(21)16(11)23-31(29,30)9-4-2-1-3-5-9)19(28)24(18(10)27)12-6-7-13(25)22-17(12)26/h1-5,8,12,23H,6-7H2,(H,22,25,26). The van der Waals surface area contributed by atoms with Crippen LogP contribution in [0.3, 0.4) is 0 Å². The summed E-state index contributed by atoms with van der Waals surface area (Å²) >= 11 is 12.5. The van der Waals surface area contributed by atoms with Crippen LogP contribution in [0.2, 0.25) is 10.0 Å². The second-order valence-corrected chi connectivity index (χ2v) is 9.30. The van der Waals surface area contributed by atoms with Crippen LogP contribution in [0.4, 0.5) is 5.69 Å². The third kappa shape index (κ3) is 3.56. The van der Waals surface area contributed by atoms with E-state index in [-0.39, 0.29) is 44.6 Å². The number of anilines is 1. The Bertz CT molecular complexity index is 1260. The molecule has 31 heavy (non-hydrogen) atoms. The number of halogens is 2. The van der Waals surface area contributed by atoms with E-state index in [1.807, 2.05) is 0 Å². The molecule has 9 nitrogen and oxygen atoms in total. The summed E-state index contributed by atoms with van der Waals surface area (Å²) in [5.41, 5.74) is -0.698. The van der Waals surface area contributed by atoms with E-state index in [1.54, 1.807) is 6.07 Å². The number of imide groups is 2. The maximum atomic E-state index is 13.0. The van der Waals surface area contributed by atoms with E-state index < -0.39 is 39.7 Å². The number of hydrogen-bond acceptors (Lipinski definition) is 6. The molecule has 1 atom stereocenters. The van der Waals surface area contributed by atoms with Crippen LogP contribution in [-0.2, 0) is 19.6 Å². The first-order valence-corrected chi connectivity index (χ1v) is 11.2. The number of amides is 4. The molecule has 160 valence electrons. The highest BCUT2D eigenvalue weighted by Gasteiger charge is 2.46. The van der Waals surface area contributed by atoms with Crippen molar-refractivity contribution in [3.8, 4) is 0 Å². The number of carbonyl (C=O) groups excluding carboxylic acids is 4. The smallest absolute Gasteiger partial charge is 0.263 e. The van der Waals surface area contributed by atoms with Crippen LogP contribution in [-0.4, -0.2) is 43.0 Å². The van der Waals surface area contributed by atoms with Crippen LogP contribution in [0.1, 0.15) is 33.6 Å². The normalized spacial score (nSPS) is 18.8. The van der Waals surface area contributed by atoms with Gasteiger partial charge in [-0.2, -0.15) is 0 Å². The maximum Gasteiger partial charge on any atom is 0.263 e. The summed E-state index contributed by atoms with van der Waals surface area (Å²) in [5.74, 6) is -2.97. The van der Waals surface area contributed by atoms with E-state index in [9.17, 15) is 27.6 Å². The molecular formula is C19H13Cl2N3O6S. The van der Waals surface area contributed by atoms with E-state index in [1.165, 1.54) is 24.3 Å². The van der Waals surface area contributed by atoms with Crippen LogP contribution in [0.15, 0.2) is 41.3 Å². The first-order chi connectivity index (χ1) is 14.6. The largest absolute Gasteiger partial charge is 0.295 e. The summed E-state index contributed by atoms with van der Waals surface area (Å²) in [6, 6.07) is 7.35. The van der Waals surface area contributed by atoms with Gasteiger partial charge in [-0.25, -0.2) is 8.42 Å². The molecule has 1 unspecified atom stereocenters. The van der Waals surface area contributed by atoms with Gasteiger partial charge in [0.05, 0.1) is 31.8 Å². The molecule has 0 radical (unpaired) electrons. The highest BCUT2D eigenvalue weighted by molar-refractivity contribution is 7.92. The van der Waals surface area contributed by atoms with Crippen LogP contribution >= 0.6 is 23.2 Å². The minimum atomic E-state index is -4.09. The number of piperidine rings is 1. The fourth-order valence-electron chi connectivity index (χ4n) is 3.44. The summed E-state index contributed by atoms with van der Waals surface area (Å²) in [6.07, 6.45) is -0.0740. The Kier molecular flexibility index (Phi) is 5.24. The number of sulfonamides is 1. The molecule has 0 saturated carbocycles. The number of nitrogens with zero attached hydrogens (tertiary/aromatic N) is 1. The predicted molar refractivity (Wildman–Crippen MR) is 110 cm³/mol. The fourth-order valence-corrected chi connectivity index (χ4v) is 5.29. The zero-order chi connectivity index (χ0) is 22.5. The number of rotatable bonds is 4. The van der Waals surface area contributed by atoms with Gasteiger partial charge in [0.25, 0.3) is 21.8 Å². The molecule has 2 aliphatic heterocycles. The van der Waals surface area contributed by atoms with Crippen molar-refractivity contribution in [1.29, 1.82) is 0 Å². The first kappa shape index (κ1) is 21.3. The average molecular weight is 482 g/mol. The van der Waals surface area contributed by atoms with Gasteiger partial charge in [0, 0.05) is 6.42 Å². The molecule has 2 heterocycles. The lowest BCUT2D eigenvalue weighted by Crippen LogP contribution is -2.54. The maximum absolute atomic E-state index is 13.0. The van der Waals surface area contributed by atoms with Crippen molar-refractivity contribution < 1.29 is 27.6 Å². The summed E-state index contributed by atoms with van der Waals surface area (Å²) in [4.78, 5) is 50.0. The molecule has 1 saturated heterocycles. The third-order valence-corrected chi connectivity index (χ3v) is 6.95. The molecule has 4 rings (SSSR count). The quantitative estimate of drug-likeness (QED) is 0.643. The lowest BCUT2D eigenvalue weighted by molar-refractivity contribution is -0.136. The van der Waals surface area contributed by atoms with Crippen LogP contribution in [0.5, 0.6) is 0 Å². The summed E-state index contributed by atoms with van der Waals surface area (Å²) in [7, 11) is -4.09. The van der Waals surface area contributed by atoms with E-state index in [0.717, 1.165) is 6.07 Å². The summed E-state index contributed by atoms with van der Waals surface area (Å²) in [6.45, 7) is 0. The van der Waals surface area contributed by atoms with Gasteiger partial charge in [-0.15, -0.1) is 0 Å². The van der Waals surface area contributed by atoms with E-state index in [0.29, 0.717) is 4.90 Å². The van der Waals surface area contributed by atoms with E-state index >= 15 is 0 Å². The number of carbonyl (C=O) groups is 4. The summed E-state index contributed by atoms with van der Waals surface area (Å²) in [5, 5.41) is 1.52. The average Bonchev–Trinajstić information content (AvgIpc) is 2.96. The lowest BCUT2D eigenvalue weighted by atomic mass is 10.0. The van der Waals surface area contributed by atoms with Gasteiger partial charge >= 0.3 is 0 Å². The number of benzene rings is 2. The van der Waals surface area contributed by atoms with Crippen molar-refractivity contribution in [1.82, 2.24) is 10.2 Å². The Morgan fingerprint density at radius 2 is 1.71 bits per heavy atom. The molecule has 0 aromatic heterocycles. The molecule has 0 spiro atoms. The van der Waals surface area contributed by atoms with Crippen molar-refractivity contribution in [3.63, 3.8) is 0 Å². The van der Waals surface area contributed by atoms with Gasteiger partial charge in [0.1, 0.15) is 6.04 Å². The van der Waals surface area contributed by atoms with Gasteiger partial charge in [-0.1, -0.05) is 41.4 Å². The number of fused-ring (bicyclic) bond motifs is 1.